The topological polar surface area (TPSA) is 62.3 Å². The van der Waals surface area contributed by atoms with Gasteiger partial charge in [0.15, 0.2) is 0 Å². The van der Waals surface area contributed by atoms with Gasteiger partial charge in [-0.15, -0.1) is 0 Å². The van der Waals surface area contributed by atoms with Gasteiger partial charge in [0.2, 0.25) is 10.0 Å². The van der Waals surface area contributed by atoms with Crippen molar-refractivity contribution >= 4 is 10.0 Å². The zero-order valence-corrected chi connectivity index (χ0v) is 10.7. The Labute approximate surface area is 102 Å². The van der Waals surface area contributed by atoms with E-state index in [9.17, 15) is 8.42 Å². The van der Waals surface area contributed by atoms with Crippen molar-refractivity contribution in [3.63, 3.8) is 0 Å². The Balaban J connectivity index is 2.13. The van der Waals surface area contributed by atoms with E-state index in [1.807, 2.05) is 6.92 Å². The number of hydrogen-bond acceptors (Lipinski definition) is 4. The molecule has 0 unspecified atom stereocenters. The molecule has 1 fully saturated rings. The smallest absolute Gasteiger partial charge is 0.220 e. The first-order chi connectivity index (χ1) is 8.09. The van der Waals surface area contributed by atoms with Crippen molar-refractivity contribution in [3.05, 3.63) is 30.1 Å². The van der Waals surface area contributed by atoms with E-state index in [2.05, 4.69) is 10.3 Å². The molecule has 5 nitrogen and oxygen atoms in total. The summed E-state index contributed by atoms with van der Waals surface area (Å²) >= 11 is 0. The molecule has 0 aliphatic carbocycles. The summed E-state index contributed by atoms with van der Waals surface area (Å²) in [5, 5.41) is 3.18. The van der Waals surface area contributed by atoms with Crippen molar-refractivity contribution in [2.75, 3.05) is 19.6 Å². The van der Waals surface area contributed by atoms with Crippen LogP contribution in [0, 0.1) is 0 Å². The SMILES string of the molecule is C[C@H]1CNCCN1S(=O)(=O)Cc1ccccn1. The number of nitrogens with one attached hydrogen (secondary N) is 1. The van der Waals surface area contributed by atoms with Crippen molar-refractivity contribution in [2.24, 2.45) is 0 Å². The molecule has 94 valence electrons. The van der Waals surface area contributed by atoms with Crippen LogP contribution in [0.1, 0.15) is 12.6 Å². The zero-order valence-electron chi connectivity index (χ0n) is 9.83. The Morgan fingerprint density at radius 2 is 2.35 bits per heavy atom. The molecule has 6 heteroatoms. The molecule has 1 aliphatic heterocycles. The zero-order chi connectivity index (χ0) is 12.3. The maximum Gasteiger partial charge on any atom is 0.220 e. The third-order valence-electron chi connectivity index (χ3n) is 2.85. The third-order valence-corrected chi connectivity index (χ3v) is 4.77. The quantitative estimate of drug-likeness (QED) is 0.838. The summed E-state index contributed by atoms with van der Waals surface area (Å²) < 4.78 is 26.0. The minimum absolute atomic E-state index is 0.0115. The van der Waals surface area contributed by atoms with E-state index in [0.717, 1.165) is 0 Å². The molecule has 0 aromatic carbocycles. The average Bonchev–Trinajstić information content (AvgIpc) is 2.30. The second kappa shape index (κ2) is 5.12. The lowest BCUT2D eigenvalue weighted by Crippen LogP contribution is -2.52. The van der Waals surface area contributed by atoms with E-state index in [1.54, 1.807) is 28.7 Å². The van der Waals surface area contributed by atoms with Gasteiger partial charge in [0.25, 0.3) is 0 Å². The fourth-order valence-corrected chi connectivity index (χ4v) is 3.69. The van der Waals surface area contributed by atoms with E-state index in [4.69, 9.17) is 0 Å². The van der Waals surface area contributed by atoms with E-state index in [-0.39, 0.29) is 11.8 Å². The lowest BCUT2D eigenvalue weighted by molar-refractivity contribution is 0.283. The summed E-state index contributed by atoms with van der Waals surface area (Å²) in [5.74, 6) is -0.0157. The molecular formula is C11H17N3O2S. The highest BCUT2D eigenvalue weighted by atomic mass is 32.2. The number of hydrogen-bond donors (Lipinski definition) is 1. The molecule has 1 atom stereocenters. The van der Waals surface area contributed by atoms with Gasteiger partial charge in [-0.3, -0.25) is 4.98 Å². The van der Waals surface area contributed by atoms with Crippen LogP contribution >= 0.6 is 0 Å². The van der Waals surface area contributed by atoms with Crippen molar-refractivity contribution in [1.82, 2.24) is 14.6 Å². The molecule has 0 saturated carbocycles. The second-order valence-corrected chi connectivity index (χ2v) is 6.16. The van der Waals surface area contributed by atoms with E-state index in [1.165, 1.54) is 0 Å². The number of aromatic nitrogens is 1. The Kier molecular flexibility index (Phi) is 3.76. The first-order valence-electron chi connectivity index (χ1n) is 5.70. The van der Waals surface area contributed by atoms with E-state index in [0.29, 0.717) is 25.3 Å². The molecule has 1 aromatic rings. The molecule has 0 bridgehead atoms. The van der Waals surface area contributed by atoms with E-state index < -0.39 is 10.0 Å². The van der Waals surface area contributed by atoms with Crippen LogP contribution in [-0.2, 0) is 15.8 Å². The fraction of sp³-hybridized carbons (Fsp3) is 0.545. The lowest BCUT2D eigenvalue weighted by Gasteiger charge is -2.32. The van der Waals surface area contributed by atoms with Gasteiger partial charge in [-0.1, -0.05) is 6.07 Å². The number of rotatable bonds is 3. The van der Waals surface area contributed by atoms with Gasteiger partial charge in [0.05, 0.1) is 5.69 Å². The third kappa shape index (κ3) is 3.02. The van der Waals surface area contributed by atoms with Gasteiger partial charge < -0.3 is 5.32 Å². The molecule has 1 aliphatic rings. The molecule has 2 heterocycles. The summed E-state index contributed by atoms with van der Waals surface area (Å²) in [6.07, 6.45) is 1.62. The van der Waals surface area contributed by atoms with Crippen LogP contribution in [0.5, 0.6) is 0 Å². The van der Waals surface area contributed by atoms with Crippen LogP contribution in [0.25, 0.3) is 0 Å². The first-order valence-corrected chi connectivity index (χ1v) is 7.30. The highest BCUT2D eigenvalue weighted by Crippen LogP contribution is 2.13. The minimum atomic E-state index is -3.25. The molecular weight excluding hydrogens is 238 g/mol. The molecule has 1 N–H and O–H groups in total. The monoisotopic (exact) mass is 255 g/mol. The number of nitrogens with zero attached hydrogens (tertiary/aromatic N) is 2. The highest BCUT2D eigenvalue weighted by molar-refractivity contribution is 7.88. The van der Waals surface area contributed by atoms with Crippen LogP contribution in [0.15, 0.2) is 24.4 Å². The molecule has 1 aromatic heterocycles. The highest BCUT2D eigenvalue weighted by Gasteiger charge is 2.29. The summed E-state index contributed by atoms with van der Waals surface area (Å²) in [7, 11) is -3.25. The number of sulfonamides is 1. The summed E-state index contributed by atoms with van der Waals surface area (Å²) in [5.41, 5.74) is 0.596. The van der Waals surface area contributed by atoms with Crippen LogP contribution in [0.3, 0.4) is 0 Å². The van der Waals surface area contributed by atoms with Gasteiger partial charge in [-0.25, -0.2) is 8.42 Å². The summed E-state index contributed by atoms with van der Waals surface area (Å²) in [4.78, 5) is 4.06. The largest absolute Gasteiger partial charge is 0.314 e. The van der Waals surface area contributed by atoms with Crippen LogP contribution < -0.4 is 5.32 Å². The second-order valence-electron chi connectivity index (χ2n) is 4.24. The Morgan fingerprint density at radius 1 is 1.53 bits per heavy atom. The molecule has 0 radical (unpaired) electrons. The Hall–Kier alpha value is -0.980. The van der Waals surface area contributed by atoms with E-state index >= 15 is 0 Å². The first kappa shape index (κ1) is 12.5. The van der Waals surface area contributed by atoms with Gasteiger partial charge in [-0.2, -0.15) is 4.31 Å². The molecule has 0 amide bonds. The number of pyridine rings is 1. The van der Waals surface area contributed by atoms with Crippen molar-refractivity contribution in [2.45, 2.75) is 18.7 Å². The molecule has 1 saturated heterocycles. The van der Waals surface area contributed by atoms with Crippen LogP contribution in [-0.4, -0.2) is 43.4 Å². The fourth-order valence-electron chi connectivity index (χ4n) is 1.99. The minimum Gasteiger partial charge on any atom is -0.314 e. The molecule has 0 spiro atoms. The van der Waals surface area contributed by atoms with Crippen molar-refractivity contribution in [1.29, 1.82) is 0 Å². The standard InChI is InChI=1S/C11H17N3O2S/c1-10-8-12-6-7-14(10)17(15,16)9-11-4-2-3-5-13-11/h2-5,10,12H,6-9H2,1H3/t10-/m0/s1. The van der Waals surface area contributed by atoms with Crippen molar-refractivity contribution in [3.8, 4) is 0 Å². The van der Waals surface area contributed by atoms with Crippen LogP contribution in [0.4, 0.5) is 0 Å². The average molecular weight is 255 g/mol. The van der Waals surface area contributed by atoms with Gasteiger partial charge in [-0.05, 0) is 19.1 Å². The maximum atomic E-state index is 12.2. The number of piperazine rings is 1. The van der Waals surface area contributed by atoms with Crippen molar-refractivity contribution < 1.29 is 8.42 Å². The van der Waals surface area contributed by atoms with Crippen LogP contribution in [0.2, 0.25) is 0 Å². The Morgan fingerprint density at radius 3 is 3.00 bits per heavy atom. The van der Waals surface area contributed by atoms with Gasteiger partial charge in [0, 0.05) is 31.9 Å². The molecule has 17 heavy (non-hydrogen) atoms. The Bertz CT molecular complexity index is 461. The molecule has 2 rings (SSSR count). The van der Waals surface area contributed by atoms with Gasteiger partial charge >= 0.3 is 0 Å². The summed E-state index contributed by atoms with van der Waals surface area (Å²) in [6, 6.07) is 5.34. The summed E-state index contributed by atoms with van der Waals surface area (Å²) in [6.45, 7) is 3.88. The van der Waals surface area contributed by atoms with Gasteiger partial charge in [0.1, 0.15) is 5.75 Å². The predicted molar refractivity (Wildman–Crippen MR) is 65.9 cm³/mol. The predicted octanol–water partition coefficient (Wildman–Crippen LogP) is 0.205. The lowest BCUT2D eigenvalue weighted by atomic mass is 10.3. The maximum absolute atomic E-state index is 12.2. The normalized spacial score (nSPS) is 22.5.